The van der Waals surface area contributed by atoms with E-state index in [0.717, 1.165) is 25.7 Å². The van der Waals surface area contributed by atoms with Gasteiger partial charge in [0.25, 0.3) is 0 Å². The van der Waals surface area contributed by atoms with Gasteiger partial charge in [-0.15, -0.1) is 0 Å². The average Bonchev–Trinajstić information content (AvgIpc) is 2.94. The molecule has 0 aromatic carbocycles. The molecule has 90 valence electrons. The molecule has 0 unspecified atom stereocenters. The zero-order chi connectivity index (χ0) is 11.8. The maximum atomic E-state index is 12.4. The maximum absolute atomic E-state index is 12.4. The summed E-state index contributed by atoms with van der Waals surface area (Å²) in [5.41, 5.74) is -0.122. The van der Waals surface area contributed by atoms with Crippen LogP contribution in [0.1, 0.15) is 32.1 Å². The predicted molar refractivity (Wildman–Crippen MR) is 52.5 cm³/mol. The largest absolute Gasteiger partial charge is 0.401 e. The zero-order valence-electron chi connectivity index (χ0n) is 9.06. The van der Waals surface area contributed by atoms with E-state index in [9.17, 15) is 13.2 Å². The Bertz CT molecular complexity index is 297. The van der Waals surface area contributed by atoms with Crippen LogP contribution < -0.4 is 0 Å². The summed E-state index contributed by atoms with van der Waals surface area (Å²) >= 11 is 0. The van der Waals surface area contributed by atoms with Crippen molar-refractivity contribution >= 4 is 0 Å². The maximum Gasteiger partial charge on any atom is 0.401 e. The number of hydrogen-bond donors (Lipinski definition) is 0. The second-order valence-corrected chi connectivity index (χ2v) is 5.09. The van der Waals surface area contributed by atoms with Crippen molar-refractivity contribution in [2.75, 3.05) is 13.1 Å². The van der Waals surface area contributed by atoms with Crippen LogP contribution in [0.25, 0.3) is 0 Å². The number of halogens is 3. The van der Waals surface area contributed by atoms with Crippen LogP contribution in [0.5, 0.6) is 0 Å². The molecule has 0 N–H and O–H groups in total. The molecule has 0 radical (unpaired) electrons. The van der Waals surface area contributed by atoms with E-state index in [-0.39, 0.29) is 11.5 Å². The lowest BCUT2D eigenvalue weighted by molar-refractivity contribution is -0.148. The second kappa shape index (κ2) is 3.92. The highest BCUT2D eigenvalue weighted by atomic mass is 19.4. The lowest BCUT2D eigenvalue weighted by atomic mass is 10.0. The number of alkyl halides is 3. The van der Waals surface area contributed by atoms with Crippen molar-refractivity contribution in [1.29, 1.82) is 5.26 Å². The summed E-state index contributed by atoms with van der Waals surface area (Å²) in [6.45, 7) is -0.365. The van der Waals surface area contributed by atoms with Crippen LogP contribution in [-0.2, 0) is 0 Å². The molecule has 0 atom stereocenters. The number of nitriles is 1. The fourth-order valence-corrected chi connectivity index (χ4v) is 2.15. The van der Waals surface area contributed by atoms with E-state index < -0.39 is 12.7 Å². The van der Waals surface area contributed by atoms with Crippen LogP contribution in [0.15, 0.2) is 0 Å². The van der Waals surface area contributed by atoms with E-state index in [1.54, 1.807) is 0 Å². The molecule has 5 heteroatoms. The van der Waals surface area contributed by atoms with Gasteiger partial charge in [0.15, 0.2) is 0 Å². The van der Waals surface area contributed by atoms with Gasteiger partial charge in [-0.25, -0.2) is 0 Å². The molecule has 2 saturated carbocycles. The molecular formula is C11H15F3N2. The van der Waals surface area contributed by atoms with Crippen molar-refractivity contribution in [3.05, 3.63) is 0 Å². The first kappa shape index (κ1) is 11.7. The van der Waals surface area contributed by atoms with Gasteiger partial charge in [-0.1, -0.05) is 0 Å². The Hall–Kier alpha value is -0.760. The summed E-state index contributed by atoms with van der Waals surface area (Å²) in [4.78, 5) is 1.53. The Morgan fingerprint density at radius 3 is 2.31 bits per heavy atom. The lowest BCUT2D eigenvalue weighted by Crippen LogP contribution is -2.39. The summed E-state index contributed by atoms with van der Waals surface area (Å²) in [7, 11) is 0. The van der Waals surface area contributed by atoms with Gasteiger partial charge >= 0.3 is 6.18 Å². The molecule has 0 spiro atoms. The fourth-order valence-electron chi connectivity index (χ4n) is 2.15. The Balaban J connectivity index is 1.91. The molecule has 2 nitrogen and oxygen atoms in total. The third-order valence-corrected chi connectivity index (χ3v) is 3.40. The highest BCUT2D eigenvalue weighted by molar-refractivity contribution is 5.03. The molecule has 0 aromatic rings. The van der Waals surface area contributed by atoms with E-state index in [4.69, 9.17) is 5.26 Å². The Kier molecular flexibility index (Phi) is 2.87. The van der Waals surface area contributed by atoms with E-state index in [2.05, 4.69) is 6.07 Å². The van der Waals surface area contributed by atoms with Crippen molar-refractivity contribution in [3.8, 4) is 6.07 Å². The standard InChI is InChI=1S/C11H15F3N2/c12-11(13,14)8-16(9-1-2-9)7-10(3-4-10)5-6-15/h9H,1-5,7-8H2. The Morgan fingerprint density at radius 2 is 1.94 bits per heavy atom. The molecule has 0 heterocycles. The number of rotatable bonds is 5. The van der Waals surface area contributed by atoms with Crippen molar-refractivity contribution < 1.29 is 13.2 Å². The highest BCUT2D eigenvalue weighted by Gasteiger charge is 2.48. The molecule has 2 fully saturated rings. The first-order chi connectivity index (χ1) is 7.44. The molecule has 0 aliphatic heterocycles. The summed E-state index contributed by atoms with van der Waals surface area (Å²) in [6, 6.07) is 2.20. The van der Waals surface area contributed by atoms with Crippen molar-refractivity contribution in [2.24, 2.45) is 5.41 Å². The quantitative estimate of drug-likeness (QED) is 0.728. The van der Waals surface area contributed by atoms with E-state index in [0.29, 0.717) is 13.0 Å². The minimum atomic E-state index is -4.12. The third-order valence-electron chi connectivity index (χ3n) is 3.40. The number of nitrogens with zero attached hydrogens (tertiary/aromatic N) is 2. The van der Waals surface area contributed by atoms with E-state index in [1.807, 2.05) is 0 Å². The van der Waals surface area contributed by atoms with Gasteiger partial charge < -0.3 is 0 Å². The van der Waals surface area contributed by atoms with Gasteiger partial charge in [0.05, 0.1) is 12.6 Å². The van der Waals surface area contributed by atoms with Crippen LogP contribution in [0.4, 0.5) is 13.2 Å². The van der Waals surface area contributed by atoms with Gasteiger partial charge in [0.1, 0.15) is 0 Å². The van der Waals surface area contributed by atoms with Gasteiger partial charge in [-0.2, -0.15) is 18.4 Å². The molecular weight excluding hydrogens is 217 g/mol. The molecule has 2 rings (SSSR count). The van der Waals surface area contributed by atoms with Crippen molar-refractivity contribution in [3.63, 3.8) is 0 Å². The van der Waals surface area contributed by atoms with E-state index >= 15 is 0 Å². The second-order valence-electron chi connectivity index (χ2n) is 5.09. The monoisotopic (exact) mass is 232 g/mol. The molecule has 0 bridgehead atoms. The van der Waals surface area contributed by atoms with Gasteiger partial charge in [0.2, 0.25) is 0 Å². The van der Waals surface area contributed by atoms with Crippen LogP contribution in [-0.4, -0.2) is 30.2 Å². The minimum Gasteiger partial charge on any atom is -0.291 e. The molecule has 2 aliphatic rings. The molecule has 0 amide bonds. The third kappa shape index (κ3) is 3.11. The smallest absolute Gasteiger partial charge is 0.291 e. The summed E-state index contributed by atoms with van der Waals surface area (Å²) < 4.78 is 37.1. The lowest BCUT2D eigenvalue weighted by Gasteiger charge is -2.27. The topological polar surface area (TPSA) is 27.0 Å². The summed E-state index contributed by atoms with van der Waals surface area (Å²) in [6.07, 6.45) is -0.167. The molecule has 16 heavy (non-hydrogen) atoms. The first-order valence-electron chi connectivity index (χ1n) is 5.62. The van der Waals surface area contributed by atoms with E-state index in [1.165, 1.54) is 4.90 Å². The van der Waals surface area contributed by atoms with Crippen LogP contribution in [0, 0.1) is 16.7 Å². The average molecular weight is 232 g/mol. The van der Waals surface area contributed by atoms with Crippen LogP contribution in [0.2, 0.25) is 0 Å². The summed E-state index contributed by atoms with van der Waals surface area (Å²) in [5, 5.41) is 8.65. The normalized spacial score (nSPS) is 23.2. The Morgan fingerprint density at radius 1 is 1.31 bits per heavy atom. The zero-order valence-corrected chi connectivity index (χ0v) is 9.06. The van der Waals surface area contributed by atoms with Gasteiger partial charge in [0, 0.05) is 19.0 Å². The van der Waals surface area contributed by atoms with Crippen molar-refractivity contribution in [2.45, 2.75) is 44.3 Å². The van der Waals surface area contributed by atoms with Gasteiger partial charge in [-0.3, -0.25) is 4.90 Å². The molecule has 2 aliphatic carbocycles. The predicted octanol–water partition coefficient (Wildman–Crippen LogP) is 2.71. The highest BCUT2D eigenvalue weighted by Crippen LogP contribution is 2.50. The van der Waals surface area contributed by atoms with Gasteiger partial charge in [-0.05, 0) is 31.1 Å². The van der Waals surface area contributed by atoms with Crippen molar-refractivity contribution in [1.82, 2.24) is 4.90 Å². The van der Waals surface area contributed by atoms with Crippen LogP contribution in [0.3, 0.4) is 0 Å². The van der Waals surface area contributed by atoms with Crippen LogP contribution >= 0.6 is 0 Å². The molecule has 0 aromatic heterocycles. The SMILES string of the molecule is N#CCC1(CN(CC(F)(F)F)C2CC2)CC1. The minimum absolute atomic E-state index is 0.109. The summed E-state index contributed by atoms with van der Waals surface area (Å²) in [5.74, 6) is 0. The first-order valence-corrected chi connectivity index (χ1v) is 5.62. The molecule has 0 saturated heterocycles. The number of hydrogen-bond acceptors (Lipinski definition) is 2. The Labute approximate surface area is 93.0 Å². The fraction of sp³-hybridized carbons (Fsp3) is 0.909.